The van der Waals surface area contributed by atoms with Crippen molar-refractivity contribution in [3.63, 3.8) is 0 Å². The maximum atomic E-state index is 12.6. The molecule has 0 aliphatic carbocycles. The van der Waals surface area contributed by atoms with Crippen LogP contribution in [0.2, 0.25) is 0 Å². The average molecular weight is 550 g/mol. The molecule has 39 heavy (non-hydrogen) atoms. The summed E-state index contributed by atoms with van der Waals surface area (Å²) < 4.78 is 54.7. The highest BCUT2D eigenvalue weighted by molar-refractivity contribution is 5.93. The number of halogens is 3. The summed E-state index contributed by atoms with van der Waals surface area (Å²) >= 11 is 0. The maximum absolute atomic E-state index is 12.6. The summed E-state index contributed by atoms with van der Waals surface area (Å²) in [5.41, 5.74) is 3.30. The molecule has 0 saturated carbocycles. The Morgan fingerprint density at radius 1 is 0.949 bits per heavy atom. The van der Waals surface area contributed by atoms with E-state index in [9.17, 15) is 13.2 Å². The summed E-state index contributed by atoms with van der Waals surface area (Å²) in [6.07, 6.45) is 1.88. The van der Waals surface area contributed by atoms with E-state index in [1.54, 1.807) is 24.9 Å². The lowest BCUT2D eigenvalue weighted by Crippen LogP contribution is -2.18. The minimum Gasteiger partial charge on any atom is -0.491 e. The molecule has 0 spiro atoms. The highest BCUT2D eigenvalue weighted by Gasteiger charge is 2.31. The van der Waals surface area contributed by atoms with Crippen LogP contribution in [0.25, 0.3) is 16.6 Å². The summed E-state index contributed by atoms with van der Waals surface area (Å²) in [6, 6.07) is 8.03. The van der Waals surface area contributed by atoms with E-state index >= 15 is 0 Å². The number of nitrogens with one attached hydrogen (secondary N) is 3. The number of hydrogen-bond donors (Lipinski definition) is 4. The number of aromatic nitrogens is 5. The minimum atomic E-state index is -4.80. The van der Waals surface area contributed by atoms with Crippen LogP contribution in [0, 0.1) is 0 Å². The predicted octanol–water partition coefficient (Wildman–Crippen LogP) is 3.41. The number of anilines is 1. The van der Waals surface area contributed by atoms with Crippen molar-refractivity contribution in [2.24, 2.45) is 0 Å². The lowest BCUT2D eigenvalue weighted by atomic mass is 10.2. The Balaban J connectivity index is 1.14. The maximum Gasteiger partial charge on any atom is 0.573 e. The van der Waals surface area contributed by atoms with Gasteiger partial charge >= 0.3 is 6.36 Å². The number of nitrogens with zero attached hydrogens (tertiary/aromatic N) is 4. The topological polar surface area (TPSA) is 131 Å². The number of benzene rings is 2. The van der Waals surface area contributed by atoms with Gasteiger partial charge in [0.25, 0.3) is 0 Å². The van der Waals surface area contributed by atoms with Crippen molar-refractivity contribution in [1.82, 2.24) is 30.3 Å². The van der Waals surface area contributed by atoms with Crippen molar-refractivity contribution in [3.8, 4) is 17.2 Å². The molecule has 0 saturated heterocycles. The van der Waals surface area contributed by atoms with Crippen LogP contribution >= 0.6 is 0 Å². The van der Waals surface area contributed by atoms with Crippen LogP contribution in [0.1, 0.15) is 18.4 Å². The fourth-order valence-electron chi connectivity index (χ4n) is 3.88. The second-order valence-electron chi connectivity index (χ2n) is 8.55. The van der Waals surface area contributed by atoms with E-state index in [4.69, 9.17) is 14.6 Å². The van der Waals surface area contributed by atoms with Gasteiger partial charge in [0.2, 0.25) is 0 Å². The summed E-state index contributed by atoms with van der Waals surface area (Å²) in [5, 5.41) is 31.3. The molecule has 2 heterocycles. The Bertz CT molecular complexity index is 1300. The summed E-state index contributed by atoms with van der Waals surface area (Å²) in [7, 11) is 0. The third-order valence-corrected chi connectivity index (χ3v) is 5.58. The lowest BCUT2D eigenvalue weighted by molar-refractivity contribution is -0.274. The van der Waals surface area contributed by atoms with Crippen molar-refractivity contribution in [2.75, 3.05) is 44.8 Å². The van der Waals surface area contributed by atoms with Crippen LogP contribution in [-0.2, 0) is 11.3 Å². The largest absolute Gasteiger partial charge is 0.573 e. The van der Waals surface area contributed by atoms with E-state index in [0.29, 0.717) is 38.4 Å². The fraction of sp³-hybridized carbons (Fsp3) is 0.400. The van der Waals surface area contributed by atoms with Crippen molar-refractivity contribution < 1.29 is 32.5 Å². The highest BCUT2D eigenvalue weighted by atomic mass is 19.4. The van der Waals surface area contributed by atoms with Gasteiger partial charge in [-0.25, -0.2) is 0 Å². The van der Waals surface area contributed by atoms with Gasteiger partial charge in [0.05, 0.1) is 30.6 Å². The van der Waals surface area contributed by atoms with E-state index in [1.165, 1.54) is 6.07 Å². The number of aliphatic hydroxyl groups is 1. The molecule has 4 aromatic rings. The predicted molar refractivity (Wildman–Crippen MR) is 137 cm³/mol. The average Bonchev–Trinajstić information content (AvgIpc) is 3.60. The number of hydrogen-bond acceptors (Lipinski definition) is 9. The molecule has 210 valence electrons. The Kier molecular flexibility index (Phi) is 9.94. The Morgan fingerprint density at radius 3 is 2.56 bits per heavy atom. The monoisotopic (exact) mass is 549 g/mol. The number of rotatable bonds is 16. The zero-order chi connectivity index (χ0) is 27.5. The number of aromatic amines is 1. The minimum absolute atomic E-state index is 0.0267. The summed E-state index contributed by atoms with van der Waals surface area (Å²) in [6.45, 7) is 2.44. The smallest absolute Gasteiger partial charge is 0.491 e. The second-order valence-corrected chi connectivity index (χ2v) is 8.55. The first-order valence-corrected chi connectivity index (χ1v) is 12.4. The molecule has 0 fully saturated rings. The molecule has 2 aromatic heterocycles. The Morgan fingerprint density at radius 2 is 1.77 bits per heavy atom. The molecule has 0 aliphatic heterocycles. The number of unbranched alkanes of at least 4 members (excludes halogenated alkanes) is 1. The molecule has 4 rings (SSSR count). The van der Waals surface area contributed by atoms with Crippen molar-refractivity contribution in [1.29, 1.82) is 0 Å². The van der Waals surface area contributed by atoms with Crippen LogP contribution in [0.4, 0.5) is 18.9 Å². The summed E-state index contributed by atoms with van der Waals surface area (Å²) in [4.78, 5) is 0. The Hall–Kier alpha value is -3.88. The molecule has 0 bridgehead atoms. The molecular weight excluding hydrogens is 519 g/mol. The number of fused-ring (bicyclic) bond motifs is 1. The van der Waals surface area contributed by atoms with Gasteiger partial charge in [-0.05, 0) is 49.2 Å². The molecule has 0 aliphatic rings. The van der Waals surface area contributed by atoms with Gasteiger partial charge < -0.3 is 30.0 Å². The highest BCUT2D eigenvalue weighted by Crippen LogP contribution is 2.28. The number of aliphatic hydroxyl groups excluding tert-OH is 1. The van der Waals surface area contributed by atoms with Crippen LogP contribution in [0.15, 0.2) is 49.2 Å². The van der Waals surface area contributed by atoms with Crippen LogP contribution in [0.3, 0.4) is 0 Å². The first-order valence-electron chi connectivity index (χ1n) is 12.4. The molecule has 2 aromatic carbocycles. The van der Waals surface area contributed by atoms with Gasteiger partial charge in [-0.3, -0.25) is 9.67 Å². The number of alkyl halides is 3. The number of H-pyrrole nitrogens is 1. The van der Waals surface area contributed by atoms with Crippen molar-refractivity contribution in [3.05, 3.63) is 54.7 Å². The molecule has 0 atom stereocenters. The normalized spacial score (nSPS) is 11.7. The molecule has 11 nitrogen and oxygen atoms in total. The van der Waals surface area contributed by atoms with Crippen molar-refractivity contribution in [2.45, 2.75) is 25.7 Å². The van der Waals surface area contributed by atoms with Gasteiger partial charge in [0, 0.05) is 36.8 Å². The van der Waals surface area contributed by atoms with E-state index in [-0.39, 0.29) is 24.7 Å². The molecule has 0 unspecified atom stereocenters. The molecule has 4 N–H and O–H groups in total. The van der Waals surface area contributed by atoms with E-state index in [2.05, 4.69) is 35.8 Å². The first kappa shape index (κ1) is 28.1. The zero-order valence-electron chi connectivity index (χ0n) is 21.1. The molecule has 14 heteroatoms. The molecular formula is C25H30F3N7O4. The van der Waals surface area contributed by atoms with E-state index in [1.807, 2.05) is 16.7 Å². The summed E-state index contributed by atoms with van der Waals surface area (Å²) in [5.74, 6) is -0.167. The SMILES string of the molecule is OCCOc1cc(CNCCCCOCCNc2cc(-n3cnnc3)cc3[nH]ncc23)cc(OC(F)(F)F)c1. The van der Waals surface area contributed by atoms with Crippen molar-refractivity contribution >= 4 is 16.6 Å². The van der Waals surface area contributed by atoms with Crippen LogP contribution in [-0.4, -0.2) is 75.9 Å². The van der Waals surface area contributed by atoms with E-state index < -0.39 is 6.36 Å². The second kappa shape index (κ2) is 13.8. The van der Waals surface area contributed by atoms with Gasteiger partial charge in [0.15, 0.2) is 0 Å². The van der Waals surface area contributed by atoms with Gasteiger partial charge in [0.1, 0.15) is 30.8 Å². The van der Waals surface area contributed by atoms with E-state index in [0.717, 1.165) is 41.2 Å². The Labute approximate surface area is 222 Å². The standard InChI is InChI=1S/C25H30F3N7O4/c26-25(27,28)39-21-10-18(9-20(13-21)38-8-5-36)14-29-3-1-2-6-37-7-4-30-23-11-19(35-16-32-33-17-35)12-24-22(23)15-31-34-24/h9-13,15-17,29-30,36H,1-8,14H2,(H,31,34). The quantitative estimate of drug-likeness (QED) is 0.155. The zero-order valence-corrected chi connectivity index (χ0v) is 21.1. The van der Waals surface area contributed by atoms with Gasteiger partial charge in [-0.2, -0.15) is 5.10 Å². The third-order valence-electron chi connectivity index (χ3n) is 5.58. The molecule has 0 radical (unpaired) electrons. The fourth-order valence-corrected chi connectivity index (χ4v) is 3.88. The first-order chi connectivity index (χ1) is 18.9. The van der Waals surface area contributed by atoms with Gasteiger partial charge in [-0.15, -0.1) is 23.4 Å². The van der Waals surface area contributed by atoms with Crippen LogP contribution < -0.4 is 20.1 Å². The van der Waals surface area contributed by atoms with Crippen LogP contribution in [0.5, 0.6) is 11.5 Å². The molecule has 0 amide bonds. The third kappa shape index (κ3) is 8.84. The lowest BCUT2D eigenvalue weighted by Gasteiger charge is -2.14. The number of ether oxygens (including phenoxy) is 3. The van der Waals surface area contributed by atoms with Gasteiger partial charge in [-0.1, -0.05) is 0 Å².